The number of pyridine rings is 1. The molecule has 6 rings (SSSR count). The van der Waals surface area contributed by atoms with Gasteiger partial charge in [0.05, 0.1) is 15.7 Å². The summed E-state index contributed by atoms with van der Waals surface area (Å²) >= 11 is 1.76. The zero-order valence-electron chi connectivity index (χ0n) is 12.7. The summed E-state index contributed by atoms with van der Waals surface area (Å²) in [5, 5.41) is 8.45. The minimum atomic E-state index is 1.05. The van der Waals surface area contributed by atoms with Crippen LogP contribution in [0.2, 0.25) is 0 Å². The second kappa shape index (κ2) is 4.34. The molecule has 3 aromatic carbocycles. The van der Waals surface area contributed by atoms with Gasteiger partial charge in [-0.3, -0.25) is 4.40 Å². The smallest absolute Gasteiger partial charge is 0.155 e. The van der Waals surface area contributed by atoms with Gasteiger partial charge in [-0.1, -0.05) is 42.5 Å². The summed E-state index contributed by atoms with van der Waals surface area (Å²) in [6.45, 7) is 0. The summed E-state index contributed by atoms with van der Waals surface area (Å²) in [6.07, 6.45) is 2.13. The fraction of sp³-hybridized carbons (Fsp3) is 0. The maximum atomic E-state index is 5.02. The molecule has 0 aliphatic rings. The van der Waals surface area contributed by atoms with Gasteiger partial charge < -0.3 is 0 Å². The van der Waals surface area contributed by atoms with E-state index in [0.29, 0.717) is 0 Å². The Labute approximate surface area is 141 Å². The summed E-state index contributed by atoms with van der Waals surface area (Å²) in [7, 11) is 0. The molecular weight excluding hydrogens is 312 g/mol. The first-order chi connectivity index (χ1) is 11.9. The van der Waals surface area contributed by atoms with E-state index < -0.39 is 0 Å². The average molecular weight is 324 g/mol. The van der Waals surface area contributed by atoms with Gasteiger partial charge in [0.2, 0.25) is 0 Å². The highest BCUT2D eigenvalue weighted by atomic mass is 32.1. The molecule has 3 heterocycles. The van der Waals surface area contributed by atoms with Gasteiger partial charge in [-0.15, -0.1) is 11.3 Å². The Bertz CT molecular complexity index is 1410. The van der Waals surface area contributed by atoms with E-state index in [1.165, 1.54) is 37.1 Å². The van der Waals surface area contributed by atoms with E-state index in [0.717, 1.165) is 11.2 Å². The second-order valence-electron chi connectivity index (χ2n) is 6.14. The lowest BCUT2D eigenvalue weighted by molar-refractivity contribution is 1.25. The number of thiophene rings is 1. The maximum absolute atomic E-state index is 5.02. The SMILES string of the molecule is c1ccc2c(c1)ccc1c2ccc2c1nc1c3sccc3ccn21. The van der Waals surface area contributed by atoms with Crippen LogP contribution in [0.15, 0.2) is 72.2 Å². The topological polar surface area (TPSA) is 17.3 Å². The summed E-state index contributed by atoms with van der Waals surface area (Å²) in [5.74, 6) is 0. The Morgan fingerprint density at radius 2 is 1.67 bits per heavy atom. The number of hydrogen-bond acceptors (Lipinski definition) is 2. The molecule has 0 fully saturated rings. The third kappa shape index (κ3) is 1.47. The third-order valence-corrected chi connectivity index (χ3v) is 5.81. The molecule has 2 nitrogen and oxygen atoms in total. The third-order valence-electron chi connectivity index (χ3n) is 4.88. The highest BCUT2D eigenvalue weighted by Crippen LogP contribution is 2.33. The van der Waals surface area contributed by atoms with Gasteiger partial charge in [0.25, 0.3) is 0 Å². The number of imidazole rings is 1. The van der Waals surface area contributed by atoms with E-state index in [4.69, 9.17) is 4.98 Å². The predicted octanol–water partition coefficient (Wildman–Crippen LogP) is 6.01. The van der Waals surface area contributed by atoms with Crippen molar-refractivity contribution in [2.24, 2.45) is 0 Å². The molecule has 3 aromatic heterocycles. The van der Waals surface area contributed by atoms with Crippen LogP contribution < -0.4 is 0 Å². The summed E-state index contributed by atoms with van der Waals surface area (Å²) in [6, 6.07) is 21.7. The Hall–Kier alpha value is -2.91. The van der Waals surface area contributed by atoms with E-state index in [1.54, 1.807) is 11.3 Å². The van der Waals surface area contributed by atoms with Crippen molar-refractivity contribution in [3.8, 4) is 0 Å². The molecule has 0 saturated carbocycles. The summed E-state index contributed by atoms with van der Waals surface area (Å²) in [5.41, 5.74) is 3.31. The van der Waals surface area contributed by atoms with Crippen LogP contribution in [0, 0.1) is 0 Å². The van der Waals surface area contributed by atoms with Crippen molar-refractivity contribution in [2.45, 2.75) is 0 Å². The van der Waals surface area contributed by atoms with Crippen molar-refractivity contribution >= 4 is 59.6 Å². The van der Waals surface area contributed by atoms with Gasteiger partial charge in [-0.2, -0.15) is 0 Å². The molecule has 0 saturated heterocycles. The van der Waals surface area contributed by atoms with E-state index in [2.05, 4.69) is 76.6 Å². The van der Waals surface area contributed by atoms with Crippen LogP contribution >= 0.6 is 11.3 Å². The molecule has 0 aliphatic heterocycles. The zero-order valence-corrected chi connectivity index (χ0v) is 13.5. The monoisotopic (exact) mass is 324 g/mol. The first kappa shape index (κ1) is 12.5. The number of fused-ring (bicyclic) bond motifs is 9. The highest BCUT2D eigenvalue weighted by Gasteiger charge is 2.12. The Morgan fingerprint density at radius 1 is 0.750 bits per heavy atom. The Balaban J connectivity index is 1.88. The lowest BCUT2D eigenvalue weighted by Gasteiger charge is -2.04. The number of nitrogens with zero attached hydrogens (tertiary/aromatic N) is 2. The van der Waals surface area contributed by atoms with Crippen molar-refractivity contribution < 1.29 is 0 Å². The van der Waals surface area contributed by atoms with Crippen LogP contribution in [0.5, 0.6) is 0 Å². The van der Waals surface area contributed by atoms with Crippen LogP contribution in [0.4, 0.5) is 0 Å². The number of rotatable bonds is 0. The molecule has 6 aromatic rings. The van der Waals surface area contributed by atoms with E-state index >= 15 is 0 Å². The number of aromatic nitrogens is 2. The van der Waals surface area contributed by atoms with Gasteiger partial charge >= 0.3 is 0 Å². The molecule has 0 unspecified atom stereocenters. The van der Waals surface area contributed by atoms with E-state index in [-0.39, 0.29) is 0 Å². The van der Waals surface area contributed by atoms with Gasteiger partial charge in [0, 0.05) is 11.6 Å². The lowest BCUT2D eigenvalue weighted by atomic mass is 10.0. The molecule has 112 valence electrons. The molecule has 0 N–H and O–H groups in total. The van der Waals surface area contributed by atoms with Gasteiger partial charge in [0.15, 0.2) is 5.65 Å². The van der Waals surface area contributed by atoms with Gasteiger partial charge in [-0.25, -0.2) is 4.98 Å². The van der Waals surface area contributed by atoms with E-state index in [1.807, 2.05) is 0 Å². The fourth-order valence-electron chi connectivity index (χ4n) is 3.74. The first-order valence-electron chi connectivity index (χ1n) is 7.99. The quantitative estimate of drug-likeness (QED) is 0.313. The molecule has 0 spiro atoms. The number of benzene rings is 3. The predicted molar refractivity (Wildman–Crippen MR) is 103 cm³/mol. The minimum absolute atomic E-state index is 1.05. The van der Waals surface area contributed by atoms with E-state index in [9.17, 15) is 0 Å². The Kier molecular flexibility index (Phi) is 2.26. The largest absolute Gasteiger partial charge is 0.298 e. The Morgan fingerprint density at radius 3 is 2.67 bits per heavy atom. The van der Waals surface area contributed by atoms with Crippen LogP contribution in [-0.2, 0) is 0 Å². The molecule has 0 atom stereocenters. The van der Waals surface area contributed by atoms with Crippen LogP contribution in [0.25, 0.3) is 48.3 Å². The molecule has 0 radical (unpaired) electrons. The number of hydrogen-bond donors (Lipinski definition) is 0. The summed E-state index contributed by atoms with van der Waals surface area (Å²) < 4.78 is 3.46. The van der Waals surface area contributed by atoms with Gasteiger partial charge in [-0.05, 0) is 45.1 Å². The first-order valence-corrected chi connectivity index (χ1v) is 8.86. The molecule has 0 bridgehead atoms. The zero-order chi connectivity index (χ0) is 15.7. The molecule has 0 amide bonds. The molecule has 24 heavy (non-hydrogen) atoms. The maximum Gasteiger partial charge on any atom is 0.155 e. The lowest BCUT2D eigenvalue weighted by Crippen LogP contribution is -1.83. The highest BCUT2D eigenvalue weighted by molar-refractivity contribution is 7.18. The van der Waals surface area contributed by atoms with Crippen LogP contribution in [0.1, 0.15) is 0 Å². The van der Waals surface area contributed by atoms with Crippen LogP contribution in [0.3, 0.4) is 0 Å². The standard InChI is InChI=1S/C21H12N2S/c1-2-4-15-13(3-1)5-6-17-16(15)7-8-18-19(17)22-21-20-14(10-12-24-20)9-11-23(18)21/h1-12H. The van der Waals surface area contributed by atoms with Gasteiger partial charge in [0.1, 0.15) is 0 Å². The second-order valence-corrected chi connectivity index (χ2v) is 7.06. The summed E-state index contributed by atoms with van der Waals surface area (Å²) in [4.78, 5) is 5.02. The van der Waals surface area contributed by atoms with Crippen molar-refractivity contribution in [1.29, 1.82) is 0 Å². The van der Waals surface area contributed by atoms with Crippen molar-refractivity contribution in [2.75, 3.05) is 0 Å². The average Bonchev–Trinajstić information content (AvgIpc) is 3.25. The van der Waals surface area contributed by atoms with Crippen LogP contribution in [-0.4, -0.2) is 9.38 Å². The molecular formula is C21H12N2S. The normalized spacial score (nSPS) is 12.2. The minimum Gasteiger partial charge on any atom is -0.298 e. The molecule has 0 aliphatic carbocycles. The molecule has 3 heteroatoms. The van der Waals surface area contributed by atoms with Crippen molar-refractivity contribution in [1.82, 2.24) is 9.38 Å². The van der Waals surface area contributed by atoms with Crippen molar-refractivity contribution in [3.63, 3.8) is 0 Å². The van der Waals surface area contributed by atoms with Crippen molar-refractivity contribution in [3.05, 3.63) is 72.2 Å². The fourth-order valence-corrected chi connectivity index (χ4v) is 4.62.